The van der Waals surface area contributed by atoms with Gasteiger partial charge in [0.25, 0.3) is 0 Å². The Morgan fingerprint density at radius 1 is 1.11 bits per heavy atom. The maximum absolute atomic E-state index is 9.42. The van der Waals surface area contributed by atoms with Gasteiger partial charge in [-0.05, 0) is 38.1 Å². The highest BCUT2D eigenvalue weighted by Gasteiger charge is 2.10. The van der Waals surface area contributed by atoms with Crippen molar-refractivity contribution in [1.82, 2.24) is 14.3 Å². The lowest BCUT2D eigenvalue weighted by molar-refractivity contribution is 0.231. The summed E-state index contributed by atoms with van der Waals surface area (Å²) in [4.78, 5) is 7.08. The van der Waals surface area contributed by atoms with Gasteiger partial charge in [0.15, 0.2) is 0 Å². The molecule has 0 spiro atoms. The zero-order valence-corrected chi connectivity index (χ0v) is 10.5. The van der Waals surface area contributed by atoms with Gasteiger partial charge in [0, 0.05) is 19.2 Å². The molecule has 4 nitrogen and oxygen atoms in total. The number of likely N-dealkylation sites (tertiary alicyclic amines) is 1. The second kappa shape index (κ2) is 4.98. The largest absolute Gasteiger partial charge is 0.506 e. The van der Waals surface area contributed by atoms with Crippen molar-refractivity contribution < 1.29 is 5.11 Å². The van der Waals surface area contributed by atoms with Crippen molar-refractivity contribution in [2.45, 2.75) is 25.7 Å². The van der Waals surface area contributed by atoms with Gasteiger partial charge in [0.1, 0.15) is 11.4 Å². The number of aromatic hydroxyl groups is 1. The molecule has 1 aliphatic rings. The summed E-state index contributed by atoms with van der Waals surface area (Å²) in [6, 6.07) is 3.52. The van der Waals surface area contributed by atoms with E-state index in [9.17, 15) is 5.11 Å². The third kappa shape index (κ3) is 2.48. The van der Waals surface area contributed by atoms with Crippen LogP contribution in [0.1, 0.15) is 25.0 Å². The van der Waals surface area contributed by atoms with Crippen molar-refractivity contribution in [2.24, 2.45) is 0 Å². The molecular weight excluding hydrogens is 226 g/mol. The minimum atomic E-state index is 0.280. The number of hydrogen-bond acceptors (Lipinski definition) is 3. The van der Waals surface area contributed by atoms with E-state index in [1.165, 1.54) is 32.4 Å². The Labute approximate surface area is 107 Å². The lowest BCUT2D eigenvalue weighted by Crippen LogP contribution is -2.31. The Balaban J connectivity index is 1.67. The van der Waals surface area contributed by atoms with Gasteiger partial charge in [0.05, 0.1) is 11.9 Å². The van der Waals surface area contributed by atoms with Crippen LogP contribution in [0.2, 0.25) is 0 Å². The van der Waals surface area contributed by atoms with Gasteiger partial charge in [-0.15, -0.1) is 0 Å². The van der Waals surface area contributed by atoms with Crippen LogP contribution in [0.4, 0.5) is 0 Å². The third-order valence-corrected chi connectivity index (χ3v) is 3.62. The molecule has 18 heavy (non-hydrogen) atoms. The van der Waals surface area contributed by atoms with Crippen LogP contribution in [0.15, 0.2) is 24.5 Å². The molecule has 1 N–H and O–H groups in total. The minimum absolute atomic E-state index is 0.280. The summed E-state index contributed by atoms with van der Waals surface area (Å²) in [6.07, 6.45) is 8.75. The van der Waals surface area contributed by atoms with Crippen LogP contribution in [-0.2, 0) is 6.42 Å². The van der Waals surface area contributed by atoms with E-state index in [-0.39, 0.29) is 5.75 Å². The molecule has 0 aliphatic carbocycles. The van der Waals surface area contributed by atoms with Crippen molar-refractivity contribution in [2.75, 3.05) is 19.6 Å². The molecule has 0 amide bonds. The Morgan fingerprint density at radius 3 is 2.78 bits per heavy atom. The van der Waals surface area contributed by atoms with Crippen LogP contribution in [0, 0.1) is 0 Å². The Bertz CT molecular complexity index is 529. The van der Waals surface area contributed by atoms with Gasteiger partial charge >= 0.3 is 0 Å². The highest BCUT2D eigenvalue weighted by molar-refractivity contribution is 5.42. The SMILES string of the molecule is Oc1ccc2nc(CCN3CCCCC3)cn2c1. The number of imidazole rings is 1. The summed E-state index contributed by atoms with van der Waals surface area (Å²) in [5.41, 5.74) is 2.01. The van der Waals surface area contributed by atoms with Crippen LogP contribution in [-0.4, -0.2) is 39.0 Å². The molecule has 2 aromatic rings. The van der Waals surface area contributed by atoms with E-state index in [0.717, 1.165) is 24.3 Å². The predicted octanol–water partition coefficient (Wildman–Crippen LogP) is 2.07. The predicted molar refractivity (Wildman–Crippen MR) is 70.9 cm³/mol. The lowest BCUT2D eigenvalue weighted by Gasteiger charge is -2.25. The summed E-state index contributed by atoms with van der Waals surface area (Å²) in [5.74, 6) is 0.280. The average Bonchev–Trinajstić information content (AvgIpc) is 2.79. The normalized spacial score (nSPS) is 17.3. The van der Waals surface area contributed by atoms with Gasteiger partial charge in [-0.2, -0.15) is 0 Å². The second-order valence-corrected chi connectivity index (χ2v) is 5.04. The molecule has 2 aromatic heterocycles. The lowest BCUT2D eigenvalue weighted by atomic mass is 10.1. The van der Waals surface area contributed by atoms with E-state index in [0.29, 0.717) is 0 Å². The number of fused-ring (bicyclic) bond motifs is 1. The van der Waals surface area contributed by atoms with E-state index in [1.54, 1.807) is 12.3 Å². The van der Waals surface area contributed by atoms with E-state index >= 15 is 0 Å². The second-order valence-electron chi connectivity index (χ2n) is 5.04. The van der Waals surface area contributed by atoms with Gasteiger partial charge in [-0.25, -0.2) is 4.98 Å². The van der Waals surface area contributed by atoms with E-state index < -0.39 is 0 Å². The minimum Gasteiger partial charge on any atom is -0.506 e. The highest BCUT2D eigenvalue weighted by Crippen LogP contribution is 2.13. The first-order valence-corrected chi connectivity index (χ1v) is 6.70. The molecule has 0 unspecified atom stereocenters. The van der Waals surface area contributed by atoms with Crippen molar-refractivity contribution in [1.29, 1.82) is 0 Å². The maximum Gasteiger partial charge on any atom is 0.137 e. The number of pyridine rings is 1. The highest BCUT2D eigenvalue weighted by atomic mass is 16.3. The third-order valence-electron chi connectivity index (χ3n) is 3.62. The Hall–Kier alpha value is -1.55. The fraction of sp³-hybridized carbons (Fsp3) is 0.500. The number of nitrogens with zero attached hydrogens (tertiary/aromatic N) is 3. The molecule has 1 aliphatic heterocycles. The molecule has 0 saturated carbocycles. The number of aromatic nitrogens is 2. The topological polar surface area (TPSA) is 40.8 Å². The Morgan fingerprint density at radius 2 is 1.94 bits per heavy atom. The zero-order valence-electron chi connectivity index (χ0n) is 10.5. The fourth-order valence-electron chi connectivity index (χ4n) is 2.61. The van der Waals surface area contributed by atoms with Crippen molar-refractivity contribution in [3.05, 3.63) is 30.2 Å². The summed E-state index contributed by atoms with van der Waals surface area (Å²) in [7, 11) is 0. The van der Waals surface area contributed by atoms with Crippen LogP contribution in [0.5, 0.6) is 5.75 Å². The molecule has 3 heterocycles. The molecule has 4 heteroatoms. The first kappa shape index (κ1) is 11.5. The smallest absolute Gasteiger partial charge is 0.137 e. The van der Waals surface area contributed by atoms with Crippen molar-refractivity contribution in [3.8, 4) is 5.75 Å². The van der Waals surface area contributed by atoms with Crippen LogP contribution < -0.4 is 0 Å². The summed E-state index contributed by atoms with van der Waals surface area (Å²) < 4.78 is 1.89. The summed E-state index contributed by atoms with van der Waals surface area (Å²) in [5, 5.41) is 9.42. The molecule has 1 saturated heterocycles. The van der Waals surface area contributed by atoms with E-state index in [4.69, 9.17) is 0 Å². The van der Waals surface area contributed by atoms with Crippen molar-refractivity contribution in [3.63, 3.8) is 0 Å². The molecule has 1 fully saturated rings. The van der Waals surface area contributed by atoms with Crippen molar-refractivity contribution >= 4 is 5.65 Å². The molecule has 96 valence electrons. The maximum atomic E-state index is 9.42. The summed E-state index contributed by atoms with van der Waals surface area (Å²) >= 11 is 0. The first-order chi connectivity index (χ1) is 8.81. The quantitative estimate of drug-likeness (QED) is 0.900. The Kier molecular flexibility index (Phi) is 3.19. The van der Waals surface area contributed by atoms with Gasteiger partial charge in [-0.3, -0.25) is 0 Å². The van der Waals surface area contributed by atoms with Crippen LogP contribution in [0.25, 0.3) is 5.65 Å². The first-order valence-electron chi connectivity index (χ1n) is 6.70. The number of hydrogen-bond donors (Lipinski definition) is 1. The molecule has 3 rings (SSSR count). The number of rotatable bonds is 3. The molecule has 0 bridgehead atoms. The molecule has 0 atom stereocenters. The van der Waals surface area contributed by atoms with Crippen LogP contribution in [0.3, 0.4) is 0 Å². The van der Waals surface area contributed by atoms with Gasteiger partial charge < -0.3 is 14.4 Å². The molecular formula is C14H19N3O. The monoisotopic (exact) mass is 245 g/mol. The van der Waals surface area contributed by atoms with Crippen LogP contribution >= 0.6 is 0 Å². The average molecular weight is 245 g/mol. The van der Waals surface area contributed by atoms with Gasteiger partial charge in [0.2, 0.25) is 0 Å². The van der Waals surface area contributed by atoms with E-state index in [2.05, 4.69) is 9.88 Å². The zero-order chi connectivity index (χ0) is 12.4. The molecule has 0 radical (unpaired) electrons. The fourth-order valence-corrected chi connectivity index (χ4v) is 2.61. The standard InChI is InChI=1S/C14H19N3O/c18-13-4-5-14-15-12(10-17(14)11-13)6-9-16-7-2-1-3-8-16/h4-5,10-11,18H,1-3,6-9H2. The number of piperidine rings is 1. The summed E-state index contributed by atoms with van der Waals surface area (Å²) in [6.45, 7) is 3.55. The van der Waals surface area contributed by atoms with E-state index in [1.807, 2.05) is 16.7 Å². The molecule has 0 aromatic carbocycles. The van der Waals surface area contributed by atoms with Gasteiger partial charge in [-0.1, -0.05) is 6.42 Å².